The summed E-state index contributed by atoms with van der Waals surface area (Å²) in [5.41, 5.74) is 8.02. The molecule has 0 bridgehead atoms. The van der Waals surface area contributed by atoms with E-state index in [0.717, 1.165) is 16.7 Å². The number of rotatable bonds is 11. The summed E-state index contributed by atoms with van der Waals surface area (Å²) in [4.78, 5) is 37.7. The number of ether oxygens (including phenoxy) is 2. The van der Waals surface area contributed by atoms with Crippen LogP contribution in [-0.4, -0.2) is 37.1 Å². The van der Waals surface area contributed by atoms with Gasteiger partial charge in [-0.15, -0.1) is 0 Å². The molecule has 3 aromatic rings. The summed E-state index contributed by atoms with van der Waals surface area (Å²) in [5.74, 6) is -0.545. The molecule has 3 rings (SSSR count). The summed E-state index contributed by atoms with van der Waals surface area (Å²) in [5, 5.41) is 5.29. The van der Waals surface area contributed by atoms with Gasteiger partial charge in [0.25, 0.3) is 0 Å². The molecule has 0 aliphatic carbocycles. The van der Waals surface area contributed by atoms with Crippen molar-refractivity contribution in [3.8, 4) is 5.75 Å². The largest absolute Gasteiger partial charge is 0.497 e. The van der Waals surface area contributed by atoms with Crippen LogP contribution in [-0.2, 0) is 33.8 Å². The van der Waals surface area contributed by atoms with Crippen LogP contribution in [0.1, 0.15) is 16.7 Å². The van der Waals surface area contributed by atoms with E-state index >= 15 is 0 Å². The molecule has 0 aliphatic rings. The second-order valence-electron chi connectivity index (χ2n) is 7.96. The standard InChI is InChI=1S/C27H29N3O5/c1-34-22-14-12-20(13-15-22)16-23(25(28)31)29-26(32)24(17-19-8-4-2-5-9-19)30-27(33)35-18-21-10-6-3-7-11-21/h2-15,23-24H,16-18H2,1H3,(H2,28,31)(H,29,32)(H,30,33)/t23-,24+/m1/s1. The lowest BCUT2D eigenvalue weighted by Gasteiger charge is -2.22. The number of hydrogen-bond acceptors (Lipinski definition) is 5. The fraction of sp³-hybridized carbons (Fsp3) is 0.222. The Morgan fingerprint density at radius 3 is 1.86 bits per heavy atom. The topological polar surface area (TPSA) is 120 Å². The zero-order chi connectivity index (χ0) is 25.0. The van der Waals surface area contributed by atoms with Gasteiger partial charge in [-0.25, -0.2) is 4.79 Å². The highest BCUT2D eigenvalue weighted by Gasteiger charge is 2.26. The Bertz CT molecular complexity index is 1100. The number of amides is 3. The zero-order valence-corrected chi connectivity index (χ0v) is 19.5. The lowest BCUT2D eigenvalue weighted by atomic mass is 10.0. The van der Waals surface area contributed by atoms with Gasteiger partial charge in [0, 0.05) is 12.8 Å². The van der Waals surface area contributed by atoms with Crippen molar-refractivity contribution >= 4 is 17.9 Å². The maximum atomic E-state index is 13.2. The Morgan fingerprint density at radius 2 is 1.29 bits per heavy atom. The first-order chi connectivity index (χ1) is 16.9. The maximum Gasteiger partial charge on any atom is 0.408 e. The molecular weight excluding hydrogens is 446 g/mol. The maximum absolute atomic E-state index is 13.2. The number of carbonyl (C=O) groups excluding carboxylic acids is 3. The molecule has 35 heavy (non-hydrogen) atoms. The van der Waals surface area contributed by atoms with E-state index in [1.54, 1.807) is 31.4 Å². The number of carbonyl (C=O) groups is 3. The summed E-state index contributed by atoms with van der Waals surface area (Å²) in [6, 6.07) is 23.6. The smallest absolute Gasteiger partial charge is 0.408 e. The summed E-state index contributed by atoms with van der Waals surface area (Å²) in [6.07, 6.45) is -0.335. The number of benzene rings is 3. The molecule has 3 amide bonds. The lowest BCUT2D eigenvalue weighted by Crippen LogP contribution is -2.54. The Balaban J connectivity index is 1.68. The van der Waals surface area contributed by atoms with E-state index < -0.39 is 30.0 Å². The molecule has 8 nitrogen and oxygen atoms in total. The molecule has 0 heterocycles. The summed E-state index contributed by atoms with van der Waals surface area (Å²) < 4.78 is 10.4. The van der Waals surface area contributed by atoms with Gasteiger partial charge in [-0.1, -0.05) is 72.8 Å². The van der Waals surface area contributed by atoms with Crippen LogP contribution >= 0.6 is 0 Å². The van der Waals surface area contributed by atoms with Crippen molar-refractivity contribution in [1.82, 2.24) is 10.6 Å². The first-order valence-corrected chi connectivity index (χ1v) is 11.2. The number of alkyl carbamates (subject to hydrolysis) is 1. The van der Waals surface area contributed by atoms with Crippen molar-refractivity contribution in [1.29, 1.82) is 0 Å². The first kappa shape index (κ1) is 25.3. The van der Waals surface area contributed by atoms with Crippen LogP contribution in [0.4, 0.5) is 4.79 Å². The molecule has 8 heteroatoms. The SMILES string of the molecule is COc1ccc(C[C@@H](NC(=O)[C@H](Cc2ccccc2)NC(=O)OCc2ccccc2)C(N)=O)cc1. The van der Waals surface area contributed by atoms with Gasteiger partial charge in [0.15, 0.2) is 0 Å². The van der Waals surface area contributed by atoms with E-state index in [1.807, 2.05) is 60.7 Å². The van der Waals surface area contributed by atoms with Crippen LogP contribution in [0, 0.1) is 0 Å². The van der Waals surface area contributed by atoms with Gasteiger partial charge in [0.2, 0.25) is 11.8 Å². The monoisotopic (exact) mass is 475 g/mol. The highest BCUT2D eigenvalue weighted by molar-refractivity contribution is 5.91. The molecule has 0 fully saturated rings. The average Bonchev–Trinajstić information content (AvgIpc) is 2.88. The summed E-state index contributed by atoms with van der Waals surface area (Å²) >= 11 is 0. The molecule has 0 saturated carbocycles. The highest BCUT2D eigenvalue weighted by Crippen LogP contribution is 2.13. The molecule has 0 saturated heterocycles. The Hall–Kier alpha value is -4.33. The Kier molecular flexibility index (Phi) is 9.24. The molecule has 0 aromatic heterocycles. The van der Waals surface area contributed by atoms with Crippen LogP contribution in [0.3, 0.4) is 0 Å². The van der Waals surface area contributed by atoms with Gasteiger partial charge >= 0.3 is 6.09 Å². The Labute approximate surface area is 204 Å². The molecule has 0 unspecified atom stereocenters. The third-order valence-corrected chi connectivity index (χ3v) is 5.36. The summed E-state index contributed by atoms with van der Waals surface area (Å²) in [7, 11) is 1.56. The van der Waals surface area contributed by atoms with Crippen molar-refractivity contribution in [3.05, 3.63) is 102 Å². The first-order valence-electron chi connectivity index (χ1n) is 11.2. The van der Waals surface area contributed by atoms with Crippen molar-refractivity contribution in [2.24, 2.45) is 5.73 Å². The quantitative estimate of drug-likeness (QED) is 0.394. The van der Waals surface area contributed by atoms with Crippen molar-refractivity contribution in [2.75, 3.05) is 7.11 Å². The van der Waals surface area contributed by atoms with E-state index in [1.165, 1.54) is 0 Å². The minimum atomic E-state index is -0.974. The fourth-order valence-electron chi connectivity index (χ4n) is 3.46. The lowest BCUT2D eigenvalue weighted by molar-refractivity contribution is -0.128. The van der Waals surface area contributed by atoms with E-state index in [0.29, 0.717) is 5.75 Å². The second-order valence-corrected chi connectivity index (χ2v) is 7.96. The van der Waals surface area contributed by atoms with E-state index in [9.17, 15) is 14.4 Å². The molecule has 0 spiro atoms. The van der Waals surface area contributed by atoms with Crippen LogP contribution in [0.25, 0.3) is 0 Å². The third kappa shape index (κ3) is 8.19. The average molecular weight is 476 g/mol. The number of hydrogen-bond donors (Lipinski definition) is 3. The summed E-state index contributed by atoms with van der Waals surface area (Å²) in [6.45, 7) is 0.0632. The highest BCUT2D eigenvalue weighted by atomic mass is 16.5. The van der Waals surface area contributed by atoms with Crippen LogP contribution in [0.15, 0.2) is 84.9 Å². The van der Waals surface area contributed by atoms with Gasteiger partial charge in [-0.2, -0.15) is 0 Å². The normalized spacial score (nSPS) is 12.1. The predicted octanol–water partition coefficient (Wildman–Crippen LogP) is 2.75. The molecular formula is C27H29N3O5. The second kappa shape index (κ2) is 12.8. The Morgan fingerprint density at radius 1 is 0.743 bits per heavy atom. The molecule has 182 valence electrons. The minimum absolute atomic E-state index is 0.0632. The molecule has 2 atom stereocenters. The van der Waals surface area contributed by atoms with Gasteiger partial charge in [0.1, 0.15) is 24.4 Å². The van der Waals surface area contributed by atoms with Gasteiger partial charge in [-0.3, -0.25) is 9.59 Å². The van der Waals surface area contributed by atoms with Gasteiger partial charge in [0.05, 0.1) is 7.11 Å². The predicted molar refractivity (Wildman–Crippen MR) is 132 cm³/mol. The van der Waals surface area contributed by atoms with Crippen LogP contribution < -0.4 is 21.1 Å². The van der Waals surface area contributed by atoms with E-state index in [2.05, 4.69) is 10.6 Å². The number of primary amides is 1. The van der Waals surface area contributed by atoms with Crippen LogP contribution in [0.5, 0.6) is 5.75 Å². The molecule has 0 aliphatic heterocycles. The van der Waals surface area contributed by atoms with Crippen molar-refractivity contribution in [3.63, 3.8) is 0 Å². The number of methoxy groups -OCH3 is 1. The van der Waals surface area contributed by atoms with Crippen molar-refractivity contribution in [2.45, 2.75) is 31.5 Å². The fourth-order valence-corrected chi connectivity index (χ4v) is 3.46. The molecule has 0 radical (unpaired) electrons. The third-order valence-electron chi connectivity index (χ3n) is 5.36. The van der Waals surface area contributed by atoms with E-state index in [4.69, 9.17) is 15.2 Å². The number of nitrogens with two attached hydrogens (primary N) is 1. The van der Waals surface area contributed by atoms with Gasteiger partial charge < -0.3 is 25.8 Å². The van der Waals surface area contributed by atoms with Crippen molar-refractivity contribution < 1.29 is 23.9 Å². The van der Waals surface area contributed by atoms with Crippen LogP contribution in [0.2, 0.25) is 0 Å². The van der Waals surface area contributed by atoms with Gasteiger partial charge in [-0.05, 0) is 28.8 Å². The molecule has 4 N–H and O–H groups in total. The minimum Gasteiger partial charge on any atom is -0.497 e. The molecule has 3 aromatic carbocycles. The van der Waals surface area contributed by atoms with E-state index in [-0.39, 0.29) is 19.4 Å². The zero-order valence-electron chi connectivity index (χ0n) is 19.5. The number of nitrogens with one attached hydrogen (secondary N) is 2.